The molecule has 198 valence electrons. The van der Waals surface area contributed by atoms with Crippen LogP contribution in [0.15, 0.2) is 29.5 Å². The lowest BCUT2D eigenvalue weighted by Gasteiger charge is -2.38. The fourth-order valence-corrected chi connectivity index (χ4v) is 4.93. The van der Waals surface area contributed by atoms with E-state index in [1.54, 1.807) is 34.9 Å². The van der Waals surface area contributed by atoms with Gasteiger partial charge in [0.25, 0.3) is 0 Å². The van der Waals surface area contributed by atoms with Crippen LogP contribution in [0.5, 0.6) is 0 Å². The van der Waals surface area contributed by atoms with Crippen molar-refractivity contribution in [2.75, 3.05) is 45.9 Å². The molecule has 11 heteroatoms. The quantitative estimate of drug-likeness (QED) is 0.510. The van der Waals surface area contributed by atoms with E-state index in [2.05, 4.69) is 15.5 Å². The molecule has 1 aromatic rings. The average molecular weight is 540 g/mol. The van der Waals surface area contributed by atoms with Crippen molar-refractivity contribution in [3.05, 3.63) is 45.1 Å². The minimum Gasteiger partial charge on any atom is -0.463 e. The summed E-state index contributed by atoms with van der Waals surface area (Å²) in [6.45, 7) is 10.9. The molecule has 0 radical (unpaired) electrons. The number of amides is 4. The maximum Gasteiger partial charge on any atom is 0.338 e. The second-order valence-corrected chi connectivity index (χ2v) is 9.86. The van der Waals surface area contributed by atoms with Crippen LogP contribution in [0.3, 0.4) is 0 Å². The summed E-state index contributed by atoms with van der Waals surface area (Å²) in [5.74, 6) is -0.514. The van der Waals surface area contributed by atoms with Crippen LogP contribution in [0.25, 0.3) is 0 Å². The van der Waals surface area contributed by atoms with Gasteiger partial charge in [0.1, 0.15) is 0 Å². The van der Waals surface area contributed by atoms with Gasteiger partial charge in [-0.1, -0.05) is 35.3 Å². The first-order chi connectivity index (χ1) is 17.2. The Morgan fingerprint density at radius 3 is 2.58 bits per heavy atom. The number of nitrogens with zero attached hydrogens (tertiary/aromatic N) is 3. The molecular formula is C25H35Cl2N5O4. The Kier molecular flexibility index (Phi) is 9.87. The number of ether oxygens (including phenoxy) is 1. The molecule has 0 spiro atoms. The summed E-state index contributed by atoms with van der Waals surface area (Å²) in [4.78, 5) is 44.5. The van der Waals surface area contributed by atoms with Crippen molar-refractivity contribution < 1.29 is 19.1 Å². The number of rotatable bonds is 7. The van der Waals surface area contributed by atoms with E-state index >= 15 is 0 Å². The molecule has 0 aliphatic carbocycles. The summed E-state index contributed by atoms with van der Waals surface area (Å²) in [6.07, 6.45) is 0.773. The van der Waals surface area contributed by atoms with Crippen molar-refractivity contribution >= 4 is 41.2 Å². The first kappa shape index (κ1) is 28.1. The molecule has 4 amide bonds. The number of carbonyl (C=O) groups excluding carboxylic acids is 3. The number of hydrogen-bond donors (Lipinski definition) is 2. The zero-order valence-electron chi connectivity index (χ0n) is 21.3. The lowest BCUT2D eigenvalue weighted by molar-refractivity contribution is -0.139. The molecule has 2 heterocycles. The molecule has 1 aromatic carbocycles. The third kappa shape index (κ3) is 6.44. The minimum atomic E-state index is -0.805. The zero-order valence-corrected chi connectivity index (χ0v) is 22.8. The van der Waals surface area contributed by atoms with Crippen LogP contribution in [0.1, 0.15) is 45.7 Å². The number of nitrogens with one attached hydrogen (secondary N) is 2. The van der Waals surface area contributed by atoms with Gasteiger partial charge in [-0.05, 0) is 45.7 Å². The minimum absolute atomic E-state index is 0.0586. The molecule has 0 saturated carbocycles. The van der Waals surface area contributed by atoms with Gasteiger partial charge < -0.3 is 20.3 Å². The Labute approximate surface area is 222 Å². The first-order valence-corrected chi connectivity index (χ1v) is 13.1. The van der Waals surface area contributed by atoms with Crippen LogP contribution < -0.4 is 10.6 Å². The van der Waals surface area contributed by atoms with Gasteiger partial charge in [0.05, 0.1) is 28.3 Å². The number of hydrogen-bond acceptors (Lipinski definition) is 5. The summed E-state index contributed by atoms with van der Waals surface area (Å²) < 4.78 is 5.43. The summed E-state index contributed by atoms with van der Waals surface area (Å²) in [5, 5.41) is 6.47. The van der Waals surface area contributed by atoms with E-state index in [0.717, 1.165) is 6.42 Å². The molecule has 1 saturated heterocycles. The maximum absolute atomic E-state index is 13.3. The van der Waals surface area contributed by atoms with Gasteiger partial charge in [0.15, 0.2) is 0 Å². The lowest BCUT2D eigenvalue weighted by atomic mass is 9.94. The monoisotopic (exact) mass is 539 g/mol. The molecular weight excluding hydrogens is 505 g/mol. The highest BCUT2D eigenvalue weighted by atomic mass is 35.5. The lowest BCUT2D eigenvalue weighted by Crippen LogP contribution is -2.51. The normalized spacial score (nSPS) is 19.3. The van der Waals surface area contributed by atoms with Crippen molar-refractivity contribution in [3.8, 4) is 0 Å². The van der Waals surface area contributed by atoms with Gasteiger partial charge in [0, 0.05) is 51.0 Å². The molecule has 0 bridgehead atoms. The van der Waals surface area contributed by atoms with Gasteiger partial charge in [0.2, 0.25) is 0 Å². The zero-order chi connectivity index (χ0) is 26.4. The summed E-state index contributed by atoms with van der Waals surface area (Å²) >= 11 is 12.8. The van der Waals surface area contributed by atoms with Crippen molar-refractivity contribution in [3.63, 3.8) is 0 Å². The number of halogens is 2. The second kappa shape index (κ2) is 12.7. The Morgan fingerprint density at radius 2 is 1.92 bits per heavy atom. The number of likely N-dealkylation sites (N-methyl/N-ethyl adjacent to an activating group) is 1. The molecule has 2 aliphatic heterocycles. The largest absolute Gasteiger partial charge is 0.463 e. The molecule has 1 fully saturated rings. The van der Waals surface area contributed by atoms with Crippen LogP contribution in [-0.4, -0.2) is 84.6 Å². The predicted molar refractivity (Wildman–Crippen MR) is 140 cm³/mol. The van der Waals surface area contributed by atoms with E-state index in [4.69, 9.17) is 27.9 Å². The van der Waals surface area contributed by atoms with E-state index in [1.807, 2.05) is 20.8 Å². The van der Waals surface area contributed by atoms with Gasteiger partial charge in [-0.3, -0.25) is 9.80 Å². The third-order valence-corrected chi connectivity index (χ3v) is 7.04. The van der Waals surface area contributed by atoms with Crippen LogP contribution in [0.2, 0.25) is 10.0 Å². The van der Waals surface area contributed by atoms with Crippen LogP contribution in [0, 0.1) is 0 Å². The van der Waals surface area contributed by atoms with E-state index in [9.17, 15) is 14.4 Å². The molecule has 9 nitrogen and oxygen atoms in total. The van der Waals surface area contributed by atoms with Gasteiger partial charge in [-0.2, -0.15) is 0 Å². The summed E-state index contributed by atoms with van der Waals surface area (Å²) in [7, 11) is 0. The molecule has 36 heavy (non-hydrogen) atoms. The summed E-state index contributed by atoms with van der Waals surface area (Å²) in [6, 6.07) is 3.98. The number of urea groups is 2. The third-order valence-electron chi connectivity index (χ3n) is 6.20. The fraction of sp³-hybridized carbons (Fsp3) is 0.560. The number of carbonyl (C=O) groups is 3. The smallest absolute Gasteiger partial charge is 0.338 e. The maximum atomic E-state index is 13.3. The van der Waals surface area contributed by atoms with E-state index in [-0.39, 0.29) is 29.7 Å². The molecule has 2 aliphatic rings. The topological polar surface area (TPSA) is 94.2 Å². The predicted octanol–water partition coefficient (Wildman–Crippen LogP) is 4.02. The Bertz CT molecular complexity index is 1020. The van der Waals surface area contributed by atoms with Crippen molar-refractivity contribution in [2.45, 2.75) is 46.2 Å². The fourth-order valence-electron chi connectivity index (χ4n) is 4.52. The van der Waals surface area contributed by atoms with Crippen LogP contribution in [0.4, 0.5) is 9.59 Å². The molecule has 2 N–H and O–H groups in total. The van der Waals surface area contributed by atoms with Crippen LogP contribution in [-0.2, 0) is 9.53 Å². The Hall–Kier alpha value is -2.49. The Morgan fingerprint density at radius 1 is 1.17 bits per heavy atom. The molecule has 0 aromatic heterocycles. The van der Waals surface area contributed by atoms with Gasteiger partial charge in [-0.25, -0.2) is 14.4 Å². The molecule has 0 unspecified atom stereocenters. The SMILES string of the molecule is CCOC(=O)C1=C(CN2CCCN(C(=O)NC(C)C)CC2)N(CC)C(=O)N[C@@H]1c1cccc(Cl)c1Cl. The van der Waals surface area contributed by atoms with Crippen LogP contribution >= 0.6 is 23.2 Å². The van der Waals surface area contributed by atoms with Gasteiger partial charge >= 0.3 is 18.0 Å². The number of benzene rings is 1. The number of esters is 1. The Balaban J connectivity index is 1.97. The molecule has 3 rings (SSSR count). The molecule has 1 atom stereocenters. The highest BCUT2D eigenvalue weighted by molar-refractivity contribution is 6.42. The van der Waals surface area contributed by atoms with E-state index in [0.29, 0.717) is 61.1 Å². The highest BCUT2D eigenvalue weighted by Crippen LogP contribution is 2.37. The average Bonchev–Trinajstić information content (AvgIpc) is 3.06. The highest BCUT2D eigenvalue weighted by Gasteiger charge is 2.39. The second-order valence-electron chi connectivity index (χ2n) is 9.07. The van der Waals surface area contributed by atoms with Gasteiger partial charge in [-0.15, -0.1) is 0 Å². The van der Waals surface area contributed by atoms with E-state index in [1.165, 1.54) is 0 Å². The first-order valence-electron chi connectivity index (χ1n) is 12.4. The standard InChI is InChI=1S/C25H35Cl2N5O4/c1-5-32-19(15-30-11-8-12-31(14-13-30)24(34)28-16(3)4)20(23(33)36-6-2)22(29-25(32)35)17-9-7-10-18(26)21(17)27/h7,9-10,16,22H,5-6,8,11-15H2,1-4H3,(H,28,34)(H,29,35)/t22-/m1/s1. The van der Waals surface area contributed by atoms with Crippen molar-refractivity contribution in [2.24, 2.45) is 0 Å². The van der Waals surface area contributed by atoms with Crippen molar-refractivity contribution in [1.29, 1.82) is 0 Å². The summed E-state index contributed by atoms with van der Waals surface area (Å²) in [5.41, 5.74) is 1.43. The van der Waals surface area contributed by atoms with Crippen molar-refractivity contribution in [1.82, 2.24) is 25.3 Å². The van der Waals surface area contributed by atoms with E-state index < -0.39 is 12.0 Å².